The number of thioether (sulfide) groups is 1. The Balaban J connectivity index is 1.80. The number of carbonyl (C=O) groups is 1. The average Bonchev–Trinajstić information content (AvgIpc) is 3.12. The molecule has 0 spiro atoms. The molecule has 7 heteroatoms. The predicted octanol–water partition coefficient (Wildman–Crippen LogP) is 4.39. The average molecular weight is 403 g/mol. The number of amides is 1. The van der Waals surface area contributed by atoms with Gasteiger partial charge in [0.15, 0.2) is 0 Å². The van der Waals surface area contributed by atoms with Crippen LogP contribution in [-0.2, 0) is 0 Å². The van der Waals surface area contributed by atoms with E-state index in [0.29, 0.717) is 5.56 Å². The number of anilines is 1. The van der Waals surface area contributed by atoms with E-state index in [-0.39, 0.29) is 5.91 Å². The molecule has 0 fully saturated rings. The number of nitrogens with one attached hydrogen (secondary N) is 1. The third-order valence-electron chi connectivity index (χ3n) is 3.33. The summed E-state index contributed by atoms with van der Waals surface area (Å²) in [6, 6.07) is 13.4. The van der Waals surface area contributed by atoms with Gasteiger partial charge in [-0.25, -0.2) is 0 Å². The fraction of sp³-hybridized carbons (Fsp3) is 0.118. The molecule has 3 aromatic rings. The van der Waals surface area contributed by atoms with E-state index in [9.17, 15) is 4.79 Å². The summed E-state index contributed by atoms with van der Waals surface area (Å²) in [7, 11) is 0. The van der Waals surface area contributed by atoms with Crippen LogP contribution in [0.3, 0.4) is 0 Å². The standard InChI is InChI=1S/C17H15BrN4OS/c1-2-24-14-6-3-12(4-7-14)21-17(23)15-9-13(5-8-16(15)18)22-10-19-20-11-22/h3-11H,2H2,1H3,(H,21,23). The Morgan fingerprint density at radius 1 is 1.17 bits per heavy atom. The van der Waals surface area contributed by atoms with E-state index in [1.807, 2.05) is 36.4 Å². The molecule has 0 bridgehead atoms. The van der Waals surface area contributed by atoms with Crippen LogP contribution in [0.15, 0.2) is 64.5 Å². The number of benzene rings is 2. The molecule has 1 N–H and O–H groups in total. The van der Waals surface area contributed by atoms with Crippen LogP contribution in [0.25, 0.3) is 5.69 Å². The number of halogens is 1. The van der Waals surface area contributed by atoms with Crippen molar-refractivity contribution in [1.29, 1.82) is 0 Å². The fourth-order valence-corrected chi connectivity index (χ4v) is 3.27. The van der Waals surface area contributed by atoms with Gasteiger partial charge < -0.3 is 5.32 Å². The molecule has 0 atom stereocenters. The molecule has 1 heterocycles. The largest absolute Gasteiger partial charge is 0.322 e. The van der Waals surface area contributed by atoms with Gasteiger partial charge in [-0.05, 0) is 64.1 Å². The van der Waals surface area contributed by atoms with Crippen molar-refractivity contribution in [3.63, 3.8) is 0 Å². The Kier molecular flexibility index (Phi) is 5.32. The highest BCUT2D eigenvalue weighted by Gasteiger charge is 2.12. The first-order valence-corrected chi connectivity index (χ1v) is 9.14. The van der Waals surface area contributed by atoms with Crippen molar-refractivity contribution in [3.05, 3.63) is 65.2 Å². The summed E-state index contributed by atoms with van der Waals surface area (Å²) >= 11 is 5.20. The molecule has 1 amide bonds. The molecule has 0 radical (unpaired) electrons. The first-order valence-electron chi connectivity index (χ1n) is 7.36. The SMILES string of the molecule is CCSc1ccc(NC(=O)c2cc(-n3cnnc3)ccc2Br)cc1. The van der Waals surface area contributed by atoms with Gasteiger partial charge in [-0.3, -0.25) is 9.36 Å². The highest BCUT2D eigenvalue weighted by molar-refractivity contribution is 9.10. The van der Waals surface area contributed by atoms with Gasteiger partial charge >= 0.3 is 0 Å². The lowest BCUT2D eigenvalue weighted by Crippen LogP contribution is -2.13. The lowest BCUT2D eigenvalue weighted by atomic mass is 10.2. The smallest absolute Gasteiger partial charge is 0.256 e. The number of rotatable bonds is 5. The van der Waals surface area contributed by atoms with Gasteiger partial charge in [-0.1, -0.05) is 6.92 Å². The Hall–Kier alpha value is -2.12. The maximum absolute atomic E-state index is 12.6. The van der Waals surface area contributed by atoms with Gasteiger partial charge in [0.25, 0.3) is 5.91 Å². The van der Waals surface area contributed by atoms with Crippen LogP contribution in [0.4, 0.5) is 5.69 Å². The van der Waals surface area contributed by atoms with Crippen LogP contribution in [0.1, 0.15) is 17.3 Å². The van der Waals surface area contributed by atoms with Crippen LogP contribution in [0.5, 0.6) is 0 Å². The zero-order valence-electron chi connectivity index (χ0n) is 12.9. The number of hydrogen-bond acceptors (Lipinski definition) is 4. The van der Waals surface area contributed by atoms with Gasteiger partial charge in [0.2, 0.25) is 0 Å². The molecular formula is C17H15BrN4OS. The molecule has 5 nitrogen and oxygen atoms in total. The molecule has 122 valence electrons. The molecule has 0 saturated heterocycles. The topological polar surface area (TPSA) is 59.8 Å². The second kappa shape index (κ2) is 7.63. The molecule has 0 aliphatic rings. The van der Waals surface area contributed by atoms with Crippen LogP contribution in [0.2, 0.25) is 0 Å². The number of aromatic nitrogens is 3. The summed E-state index contributed by atoms with van der Waals surface area (Å²) in [4.78, 5) is 13.8. The van der Waals surface area contributed by atoms with Crippen LogP contribution in [0, 0.1) is 0 Å². The second-order valence-electron chi connectivity index (χ2n) is 4.94. The highest BCUT2D eigenvalue weighted by atomic mass is 79.9. The van der Waals surface area contributed by atoms with Gasteiger partial charge in [0.1, 0.15) is 12.7 Å². The van der Waals surface area contributed by atoms with Gasteiger partial charge in [-0.15, -0.1) is 22.0 Å². The first-order chi connectivity index (χ1) is 11.7. The molecule has 0 aliphatic heterocycles. The fourth-order valence-electron chi connectivity index (χ4n) is 2.18. The molecule has 3 rings (SSSR count). The van der Waals surface area contributed by atoms with E-state index in [0.717, 1.165) is 21.6 Å². The maximum Gasteiger partial charge on any atom is 0.256 e. The Morgan fingerprint density at radius 3 is 2.54 bits per heavy atom. The van der Waals surface area contributed by atoms with Crippen molar-refractivity contribution in [1.82, 2.24) is 14.8 Å². The van der Waals surface area contributed by atoms with Crippen molar-refractivity contribution in [2.75, 3.05) is 11.1 Å². The monoisotopic (exact) mass is 402 g/mol. The van der Waals surface area contributed by atoms with Crippen molar-refractivity contribution < 1.29 is 4.79 Å². The Labute approximate surface area is 152 Å². The molecular weight excluding hydrogens is 388 g/mol. The normalized spacial score (nSPS) is 10.6. The molecule has 0 unspecified atom stereocenters. The van der Waals surface area contributed by atoms with Gasteiger partial charge in [0, 0.05) is 20.7 Å². The van der Waals surface area contributed by atoms with Crippen LogP contribution < -0.4 is 5.32 Å². The minimum absolute atomic E-state index is 0.173. The number of hydrogen-bond donors (Lipinski definition) is 1. The minimum Gasteiger partial charge on any atom is -0.322 e. The van der Waals surface area contributed by atoms with Crippen molar-refractivity contribution in [2.24, 2.45) is 0 Å². The summed E-state index contributed by atoms with van der Waals surface area (Å²) in [5.41, 5.74) is 2.14. The van der Waals surface area contributed by atoms with E-state index in [1.165, 1.54) is 4.90 Å². The van der Waals surface area contributed by atoms with E-state index < -0.39 is 0 Å². The van der Waals surface area contributed by atoms with Crippen LogP contribution >= 0.6 is 27.7 Å². The third kappa shape index (κ3) is 3.85. The zero-order chi connectivity index (χ0) is 16.9. The van der Waals surface area contributed by atoms with E-state index in [1.54, 1.807) is 35.0 Å². The zero-order valence-corrected chi connectivity index (χ0v) is 15.3. The highest BCUT2D eigenvalue weighted by Crippen LogP contribution is 2.23. The van der Waals surface area contributed by atoms with Crippen molar-refractivity contribution >= 4 is 39.3 Å². The molecule has 2 aromatic carbocycles. The second-order valence-corrected chi connectivity index (χ2v) is 7.14. The summed E-state index contributed by atoms with van der Waals surface area (Å²) in [6.45, 7) is 2.11. The number of carbonyl (C=O) groups excluding carboxylic acids is 1. The lowest BCUT2D eigenvalue weighted by Gasteiger charge is -2.10. The van der Waals surface area contributed by atoms with Crippen molar-refractivity contribution in [2.45, 2.75) is 11.8 Å². The van der Waals surface area contributed by atoms with Gasteiger partial charge in [-0.2, -0.15) is 0 Å². The first kappa shape index (κ1) is 16.7. The molecule has 0 aliphatic carbocycles. The number of nitrogens with zero attached hydrogens (tertiary/aromatic N) is 3. The third-order valence-corrected chi connectivity index (χ3v) is 4.92. The summed E-state index contributed by atoms with van der Waals surface area (Å²) in [5, 5.41) is 10.5. The van der Waals surface area contributed by atoms with Gasteiger partial charge in [0.05, 0.1) is 5.56 Å². The van der Waals surface area contributed by atoms with Crippen molar-refractivity contribution in [3.8, 4) is 5.69 Å². The quantitative estimate of drug-likeness (QED) is 0.642. The Morgan fingerprint density at radius 2 is 1.88 bits per heavy atom. The van der Waals surface area contributed by atoms with Crippen LogP contribution in [-0.4, -0.2) is 26.4 Å². The summed E-state index contributed by atoms with van der Waals surface area (Å²) in [5.74, 6) is 0.849. The molecule has 1 aromatic heterocycles. The maximum atomic E-state index is 12.6. The van der Waals surface area contributed by atoms with E-state index in [2.05, 4.69) is 38.4 Å². The van der Waals surface area contributed by atoms with E-state index >= 15 is 0 Å². The molecule has 0 saturated carbocycles. The lowest BCUT2D eigenvalue weighted by molar-refractivity contribution is 0.102. The van der Waals surface area contributed by atoms with E-state index in [4.69, 9.17) is 0 Å². The molecule has 24 heavy (non-hydrogen) atoms. The Bertz CT molecular complexity index is 834. The summed E-state index contributed by atoms with van der Waals surface area (Å²) in [6.07, 6.45) is 3.18. The minimum atomic E-state index is -0.173. The summed E-state index contributed by atoms with van der Waals surface area (Å²) < 4.78 is 2.48. The predicted molar refractivity (Wildman–Crippen MR) is 99.9 cm³/mol.